The van der Waals surface area contributed by atoms with Gasteiger partial charge in [0.1, 0.15) is 12.4 Å². The first-order valence-electron chi connectivity index (χ1n) is 5.49. The van der Waals surface area contributed by atoms with Crippen LogP contribution in [-0.2, 0) is 9.53 Å². The number of anilines is 1. The van der Waals surface area contributed by atoms with Crippen LogP contribution in [0.3, 0.4) is 0 Å². The van der Waals surface area contributed by atoms with Crippen molar-refractivity contribution in [2.45, 2.75) is 12.6 Å². The number of phenolic OH excluding ortho intramolecular Hbond substituents is 1. The van der Waals surface area contributed by atoms with Crippen LogP contribution in [0.4, 0.5) is 18.9 Å². The van der Waals surface area contributed by atoms with E-state index in [0.717, 1.165) is 0 Å². The molecule has 0 spiro atoms. The first kappa shape index (κ1) is 15.3. The van der Waals surface area contributed by atoms with E-state index in [1.165, 1.54) is 24.1 Å². The normalized spacial score (nSPS) is 11.4. The lowest BCUT2D eigenvalue weighted by atomic mass is 10.2. The molecular weight excluding hydrogens is 263 g/mol. The van der Waals surface area contributed by atoms with E-state index in [-0.39, 0.29) is 18.8 Å². The van der Waals surface area contributed by atoms with Crippen LogP contribution in [0.5, 0.6) is 5.75 Å². The zero-order valence-corrected chi connectivity index (χ0v) is 10.3. The highest BCUT2D eigenvalue weighted by molar-refractivity contribution is 5.92. The van der Waals surface area contributed by atoms with E-state index in [1.807, 2.05) is 0 Å². The van der Waals surface area contributed by atoms with Crippen LogP contribution in [0.2, 0.25) is 0 Å². The Morgan fingerprint density at radius 1 is 1.42 bits per heavy atom. The minimum absolute atomic E-state index is 0.00507. The molecule has 0 fully saturated rings. The van der Waals surface area contributed by atoms with Crippen molar-refractivity contribution in [3.8, 4) is 5.75 Å². The fraction of sp³-hybridized carbons (Fsp3) is 0.417. The van der Waals surface area contributed by atoms with Crippen molar-refractivity contribution in [2.75, 3.05) is 25.2 Å². The largest absolute Gasteiger partial charge is 0.508 e. The molecule has 7 heteroatoms. The molecule has 106 valence electrons. The number of rotatable bonds is 5. The number of amides is 1. The Bertz CT molecular complexity index is 434. The molecule has 0 aliphatic carbocycles. The summed E-state index contributed by atoms with van der Waals surface area (Å²) in [4.78, 5) is 12.9. The van der Waals surface area contributed by atoms with Gasteiger partial charge in [-0.25, -0.2) is 0 Å². The van der Waals surface area contributed by atoms with Crippen molar-refractivity contribution in [1.29, 1.82) is 0 Å². The topological polar surface area (TPSA) is 49.8 Å². The number of phenols is 1. The Morgan fingerprint density at radius 2 is 2.11 bits per heavy atom. The molecule has 1 aromatic rings. The second-order valence-corrected chi connectivity index (χ2v) is 3.89. The molecule has 0 aromatic heterocycles. The number of aromatic hydroxyl groups is 1. The Morgan fingerprint density at radius 3 is 2.68 bits per heavy atom. The second-order valence-electron chi connectivity index (χ2n) is 3.89. The minimum atomic E-state index is -4.39. The summed E-state index contributed by atoms with van der Waals surface area (Å²) in [6.07, 6.45) is -4.55. The number of alkyl halides is 3. The Kier molecular flexibility index (Phi) is 5.17. The smallest absolute Gasteiger partial charge is 0.411 e. The van der Waals surface area contributed by atoms with Gasteiger partial charge >= 0.3 is 6.18 Å². The lowest BCUT2D eigenvalue weighted by Gasteiger charge is -2.17. The number of ether oxygens (including phenoxy) is 1. The molecule has 0 aliphatic rings. The Labute approximate surface area is 108 Å². The summed E-state index contributed by atoms with van der Waals surface area (Å²) in [5.41, 5.74) is 0.459. The SMILES string of the molecule is CN(C(=O)CCOCC(F)(F)F)c1cccc(O)c1. The number of hydrogen-bond donors (Lipinski definition) is 1. The van der Waals surface area contributed by atoms with Crippen LogP contribution in [0, 0.1) is 0 Å². The molecule has 0 aliphatic heterocycles. The van der Waals surface area contributed by atoms with Crippen molar-refractivity contribution < 1.29 is 27.8 Å². The number of halogens is 3. The van der Waals surface area contributed by atoms with Gasteiger partial charge in [-0.2, -0.15) is 13.2 Å². The van der Waals surface area contributed by atoms with Gasteiger partial charge in [0.15, 0.2) is 0 Å². The lowest BCUT2D eigenvalue weighted by Crippen LogP contribution is -2.28. The minimum Gasteiger partial charge on any atom is -0.508 e. The van der Waals surface area contributed by atoms with Gasteiger partial charge < -0.3 is 14.7 Å². The average molecular weight is 277 g/mol. The zero-order chi connectivity index (χ0) is 14.5. The van der Waals surface area contributed by atoms with Gasteiger partial charge in [0.25, 0.3) is 0 Å². The molecular formula is C12H14F3NO3. The van der Waals surface area contributed by atoms with Gasteiger partial charge in [0, 0.05) is 18.8 Å². The van der Waals surface area contributed by atoms with Gasteiger partial charge in [-0.1, -0.05) is 6.07 Å². The Balaban J connectivity index is 2.41. The number of carbonyl (C=O) groups is 1. The highest BCUT2D eigenvalue weighted by atomic mass is 19.4. The van der Waals surface area contributed by atoms with Crippen molar-refractivity contribution >= 4 is 11.6 Å². The van der Waals surface area contributed by atoms with Crippen LogP contribution >= 0.6 is 0 Å². The van der Waals surface area contributed by atoms with E-state index in [2.05, 4.69) is 4.74 Å². The molecule has 0 heterocycles. The van der Waals surface area contributed by atoms with Gasteiger partial charge in [-0.15, -0.1) is 0 Å². The molecule has 1 amide bonds. The van der Waals surface area contributed by atoms with Crippen LogP contribution in [-0.4, -0.2) is 37.5 Å². The van der Waals surface area contributed by atoms with E-state index in [1.54, 1.807) is 12.1 Å². The zero-order valence-electron chi connectivity index (χ0n) is 10.3. The third-order valence-corrected chi connectivity index (χ3v) is 2.32. The molecule has 1 aromatic carbocycles. The summed E-state index contributed by atoms with van der Waals surface area (Å²) in [6.45, 7) is -1.67. The number of nitrogens with zero attached hydrogens (tertiary/aromatic N) is 1. The standard InChI is InChI=1S/C12H14F3NO3/c1-16(9-3-2-4-10(17)7-9)11(18)5-6-19-8-12(13,14)15/h2-4,7,17H,5-6,8H2,1H3. The molecule has 1 rings (SSSR count). The van der Waals surface area contributed by atoms with E-state index in [0.29, 0.717) is 5.69 Å². The summed E-state index contributed by atoms with van der Waals surface area (Å²) in [5.74, 6) is -0.391. The van der Waals surface area contributed by atoms with Crippen molar-refractivity contribution in [3.05, 3.63) is 24.3 Å². The van der Waals surface area contributed by atoms with Crippen molar-refractivity contribution in [1.82, 2.24) is 0 Å². The molecule has 0 bridgehead atoms. The van der Waals surface area contributed by atoms with Crippen LogP contribution in [0.15, 0.2) is 24.3 Å². The predicted octanol–water partition coefficient (Wildman–Crippen LogP) is 2.32. The third kappa shape index (κ3) is 5.60. The fourth-order valence-corrected chi connectivity index (χ4v) is 1.36. The maximum Gasteiger partial charge on any atom is 0.411 e. The summed E-state index contributed by atoms with van der Waals surface area (Å²) >= 11 is 0. The maximum atomic E-state index is 11.8. The number of hydrogen-bond acceptors (Lipinski definition) is 3. The Hall–Kier alpha value is -1.76. The third-order valence-electron chi connectivity index (χ3n) is 2.32. The van der Waals surface area contributed by atoms with Crippen LogP contribution in [0.1, 0.15) is 6.42 Å². The number of carbonyl (C=O) groups excluding carboxylic acids is 1. The van der Waals surface area contributed by atoms with E-state index in [9.17, 15) is 23.1 Å². The van der Waals surface area contributed by atoms with Crippen LogP contribution in [0.25, 0.3) is 0 Å². The first-order valence-corrected chi connectivity index (χ1v) is 5.49. The van der Waals surface area contributed by atoms with Gasteiger partial charge in [0.2, 0.25) is 5.91 Å². The van der Waals surface area contributed by atoms with Crippen molar-refractivity contribution in [3.63, 3.8) is 0 Å². The monoisotopic (exact) mass is 277 g/mol. The first-order chi connectivity index (χ1) is 8.79. The van der Waals surface area contributed by atoms with Crippen LogP contribution < -0.4 is 4.90 Å². The molecule has 0 saturated carbocycles. The van der Waals surface area contributed by atoms with Crippen molar-refractivity contribution in [2.24, 2.45) is 0 Å². The molecule has 1 N–H and O–H groups in total. The highest BCUT2D eigenvalue weighted by Crippen LogP contribution is 2.19. The van der Waals surface area contributed by atoms with Gasteiger partial charge in [0.05, 0.1) is 13.0 Å². The van der Waals surface area contributed by atoms with E-state index >= 15 is 0 Å². The predicted molar refractivity (Wildman–Crippen MR) is 63.0 cm³/mol. The van der Waals surface area contributed by atoms with E-state index < -0.39 is 18.7 Å². The maximum absolute atomic E-state index is 11.8. The quantitative estimate of drug-likeness (QED) is 0.840. The summed E-state index contributed by atoms with van der Waals surface area (Å²) in [7, 11) is 1.47. The summed E-state index contributed by atoms with van der Waals surface area (Å²) in [5, 5.41) is 9.26. The molecule has 4 nitrogen and oxygen atoms in total. The fourth-order valence-electron chi connectivity index (χ4n) is 1.36. The molecule has 19 heavy (non-hydrogen) atoms. The molecule has 0 unspecified atom stereocenters. The summed E-state index contributed by atoms with van der Waals surface area (Å²) < 4.78 is 39.8. The summed E-state index contributed by atoms with van der Waals surface area (Å²) in [6, 6.07) is 6.01. The molecule has 0 saturated heterocycles. The molecule has 0 atom stereocenters. The second kappa shape index (κ2) is 6.42. The van der Waals surface area contributed by atoms with E-state index in [4.69, 9.17) is 0 Å². The van der Waals surface area contributed by atoms with Gasteiger partial charge in [-0.3, -0.25) is 4.79 Å². The highest BCUT2D eigenvalue weighted by Gasteiger charge is 2.27. The number of benzene rings is 1. The molecule has 0 radical (unpaired) electrons. The van der Waals surface area contributed by atoms with Gasteiger partial charge in [-0.05, 0) is 12.1 Å². The lowest BCUT2D eigenvalue weighted by molar-refractivity contribution is -0.174. The average Bonchev–Trinajstić information content (AvgIpc) is 2.32.